The zero-order chi connectivity index (χ0) is 24.8. The molecule has 0 saturated carbocycles. The zero-order valence-corrected chi connectivity index (χ0v) is 20.5. The van der Waals surface area contributed by atoms with Crippen LogP contribution in [0.5, 0.6) is 0 Å². The fourth-order valence-corrected chi connectivity index (χ4v) is 4.40. The summed E-state index contributed by atoms with van der Waals surface area (Å²) < 4.78 is 10.7. The molecule has 0 radical (unpaired) electrons. The predicted molar refractivity (Wildman–Crippen MR) is 125 cm³/mol. The van der Waals surface area contributed by atoms with Crippen LogP contribution in [-0.2, 0) is 23.9 Å². The molecule has 1 aromatic carbocycles. The third kappa shape index (κ3) is 6.07. The van der Waals surface area contributed by atoms with Crippen molar-refractivity contribution in [3.8, 4) is 0 Å². The number of carbonyl (C=O) groups excluding carboxylic acids is 4. The van der Waals surface area contributed by atoms with Gasteiger partial charge in [-0.15, -0.1) is 0 Å². The Morgan fingerprint density at radius 3 is 2.68 bits per heavy atom. The van der Waals surface area contributed by atoms with Gasteiger partial charge in [0.05, 0.1) is 23.6 Å². The largest absolute Gasteiger partial charge is 0.433 e. The Balaban J connectivity index is 1.68. The molecule has 2 heterocycles. The van der Waals surface area contributed by atoms with Gasteiger partial charge in [0.2, 0.25) is 18.1 Å². The third-order valence-corrected chi connectivity index (χ3v) is 6.28. The van der Waals surface area contributed by atoms with Crippen LogP contribution in [0.3, 0.4) is 0 Å². The van der Waals surface area contributed by atoms with Gasteiger partial charge in [-0.1, -0.05) is 44.5 Å². The van der Waals surface area contributed by atoms with Crippen molar-refractivity contribution in [3.05, 3.63) is 34.9 Å². The molecule has 3 amide bonds. The van der Waals surface area contributed by atoms with Crippen LogP contribution in [0.4, 0.5) is 0 Å². The summed E-state index contributed by atoms with van der Waals surface area (Å²) >= 11 is 6.13. The molecule has 2 saturated heterocycles. The smallest absolute Gasteiger partial charge is 0.310 e. The molecule has 0 aliphatic carbocycles. The zero-order valence-electron chi connectivity index (χ0n) is 19.7. The van der Waals surface area contributed by atoms with Crippen molar-refractivity contribution in [2.45, 2.75) is 70.9 Å². The number of hydrogen-bond donors (Lipinski definition) is 2. The molecule has 3 rings (SSSR count). The number of halogens is 1. The molecule has 186 valence electrons. The fourth-order valence-electron chi connectivity index (χ4n) is 4.18. The van der Waals surface area contributed by atoms with Crippen molar-refractivity contribution >= 4 is 35.3 Å². The summed E-state index contributed by atoms with van der Waals surface area (Å²) in [7, 11) is 0. The predicted octanol–water partition coefficient (Wildman–Crippen LogP) is 2.27. The number of cyclic esters (lactones) is 1. The molecular formula is C24H32ClN3O6. The number of nitrogens with one attached hydrogen (secondary N) is 2. The minimum Gasteiger partial charge on any atom is -0.433 e. The molecule has 2 N–H and O–H groups in total. The highest BCUT2D eigenvalue weighted by atomic mass is 35.5. The number of hydrogen-bond acceptors (Lipinski definition) is 6. The maximum absolute atomic E-state index is 13.4. The van der Waals surface area contributed by atoms with E-state index in [4.69, 9.17) is 21.1 Å². The van der Waals surface area contributed by atoms with Gasteiger partial charge in [0, 0.05) is 6.54 Å². The van der Waals surface area contributed by atoms with Gasteiger partial charge in [0.25, 0.3) is 5.91 Å². The van der Waals surface area contributed by atoms with Crippen LogP contribution >= 0.6 is 11.6 Å². The average molecular weight is 494 g/mol. The van der Waals surface area contributed by atoms with Crippen molar-refractivity contribution in [1.29, 1.82) is 0 Å². The fraction of sp³-hybridized carbons (Fsp3) is 0.583. The number of esters is 1. The third-order valence-electron chi connectivity index (χ3n) is 5.95. The molecule has 34 heavy (non-hydrogen) atoms. The van der Waals surface area contributed by atoms with Gasteiger partial charge < -0.3 is 25.0 Å². The number of rotatable bonds is 9. The summed E-state index contributed by atoms with van der Waals surface area (Å²) in [6.07, 6.45) is 1.07. The maximum Gasteiger partial charge on any atom is 0.310 e. The quantitative estimate of drug-likeness (QED) is 0.510. The first-order valence-corrected chi connectivity index (χ1v) is 12.1. The molecule has 10 heteroatoms. The lowest BCUT2D eigenvalue weighted by atomic mass is 10.0. The average Bonchev–Trinajstić information content (AvgIpc) is 3.42. The summed E-state index contributed by atoms with van der Waals surface area (Å²) in [5, 5.41) is 5.91. The summed E-state index contributed by atoms with van der Waals surface area (Å²) in [6, 6.07) is 4.49. The number of ether oxygens (including phenoxy) is 2. The number of benzene rings is 1. The monoisotopic (exact) mass is 493 g/mol. The highest BCUT2D eigenvalue weighted by molar-refractivity contribution is 6.33. The Kier molecular flexibility index (Phi) is 8.90. The molecule has 0 bridgehead atoms. The highest BCUT2D eigenvalue weighted by Crippen LogP contribution is 2.23. The van der Waals surface area contributed by atoms with Gasteiger partial charge in [0.1, 0.15) is 18.1 Å². The van der Waals surface area contributed by atoms with E-state index in [1.54, 1.807) is 24.3 Å². The standard InChI is InChI=1S/C24H32ClN3O6/c1-4-12-33-24-17(13-19(29)34-24)26-22(31)18-10-7-11-28(18)23(32)20(14(2)3)27-21(30)15-8-5-6-9-16(15)25/h5-6,8-9,14,17-18,20,24H,4,7,10-13H2,1-3H3,(H,26,31)(H,27,30)/t17-,18-,20-,24-/m0/s1. The first-order valence-electron chi connectivity index (χ1n) is 11.7. The molecule has 1 aromatic rings. The van der Waals surface area contributed by atoms with Gasteiger partial charge in [-0.25, -0.2) is 0 Å². The van der Waals surface area contributed by atoms with E-state index < -0.39 is 36.3 Å². The van der Waals surface area contributed by atoms with E-state index in [1.165, 1.54) is 4.90 Å². The second-order valence-corrected chi connectivity index (χ2v) is 9.32. The molecule has 0 spiro atoms. The van der Waals surface area contributed by atoms with Crippen LogP contribution in [0.1, 0.15) is 56.8 Å². The Morgan fingerprint density at radius 1 is 1.26 bits per heavy atom. The van der Waals surface area contributed by atoms with Crippen LogP contribution < -0.4 is 10.6 Å². The van der Waals surface area contributed by atoms with Gasteiger partial charge in [-0.05, 0) is 37.3 Å². The van der Waals surface area contributed by atoms with Crippen LogP contribution in [0, 0.1) is 5.92 Å². The summed E-state index contributed by atoms with van der Waals surface area (Å²) in [5.74, 6) is -1.79. The van der Waals surface area contributed by atoms with Crippen molar-refractivity contribution in [2.24, 2.45) is 5.92 Å². The molecule has 2 aliphatic heterocycles. The summed E-state index contributed by atoms with van der Waals surface area (Å²) in [5.41, 5.74) is 0.280. The second-order valence-electron chi connectivity index (χ2n) is 8.91. The molecule has 0 unspecified atom stereocenters. The first-order chi connectivity index (χ1) is 16.2. The van der Waals surface area contributed by atoms with E-state index in [2.05, 4.69) is 10.6 Å². The van der Waals surface area contributed by atoms with Crippen molar-refractivity contribution in [3.63, 3.8) is 0 Å². The van der Waals surface area contributed by atoms with E-state index in [-0.39, 0.29) is 29.7 Å². The number of likely N-dealkylation sites (tertiary alicyclic amines) is 1. The van der Waals surface area contributed by atoms with E-state index in [0.717, 1.165) is 6.42 Å². The molecule has 9 nitrogen and oxygen atoms in total. The van der Waals surface area contributed by atoms with Gasteiger partial charge in [-0.3, -0.25) is 19.2 Å². The Hall–Kier alpha value is -2.65. The normalized spacial score (nSPS) is 23.0. The Bertz CT molecular complexity index is 924. The summed E-state index contributed by atoms with van der Waals surface area (Å²) in [4.78, 5) is 52.6. The SMILES string of the molecule is CCCO[C@H]1OC(=O)C[C@@H]1NC(=O)[C@@H]1CCCN1C(=O)[C@@H](NC(=O)c1ccccc1Cl)C(C)C. The summed E-state index contributed by atoms with van der Waals surface area (Å²) in [6.45, 7) is 6.40. The van der Waals surface area contributed by atoms with Crippen LogP contribution in [0.15, 0.2) is 24.3 Å². The number of amides is 3. The van der Waals surface area contributed by atoms with E-state index in [9.17, 15) is 19.2 Å². The lowest BCUT2D eigenvalue weighted by Gasteiger charge is -2.31. The first kappa shape index (κ1) is 26.0. The highest BCUT2D eigenvalue weighted by Gasteiger charge is 2.42. The molecule has 2 aliphatic rings. The molecule has 2 fully saturated rings. The van der Waals surface area contributed by atoms with E-state index in [1.807, 2.05) is 20.8 Å². The topological polar surface area (TPSA) is 114 Å². The van der Waals surface area contributed by atoms with Crippen molar-refractivity contribution in [2.75, 3.05) is 13.2 Å². The molecular weight excluding hydrogens is 462 g/mol. The number of nitrogens with zero attached hydrogens (tertiary/aromatic N) is 1. The van der Waals surface area contributed by atoms with Gasteiger partial charge in [-0.2, -0.15) is 0 Å². The van der Waals surface area contributed by atoms with Crippen molar-refractivity contribution < 1.29 is 28.7 Å². The van der Waals surface area contributed by atoms with Gasteiger partial charge >= 0.3 is 5.97 Å². The van der Waals surface area contributed by atoms with Crippen molar-refractivity contribution in [1.82, 2.24) is 15.5 Å². The minimum atomic E-state index is -0.833. The number of carbonyl (C=O) groups is 4. The Labute approximate surface area is 204 Å². The van der Waals surface area contributed by atoms with Crippen LogP contribution in [0.2, 0.25) is 5.02 Å². The second kappa shape index (κ2) is 11.7. The van der Waals surface area contributed by atoms with Crippen LogP contribution in [-0.4, -0.2) is 66.2 Å². The maximum atomic E-state index is 13.4. The minimum absolute atomic E-state index is 0.0172. The van der Waals surface area contributed by atoms with E-state index in [0.29, 0.717) is 31.0 Å². The molecule has 4 atom stereocenters. The van der Waals surface area contributed by atoms with Gasteiger partial charge in [0.15, 0.2) is 0 Å². The Morgan fingerprint density at radius 2 is 2.00 bits per heavy atom. The van der Waals surface area contributed by atoms with Crippen LogP contribution in [0.25, 0.3) is 0 Å². The van der Waals surface area contributed by atoms with E-state index >= 15 is 0 Å². The molecule has 0 aromatic heterocycles. The lowest BCUT2D eigenvalue weighted by molar-refractivity contribution is -0.165. The lowest BCUT2D eigenvalue weighted by Crippen LogP contribution is -2.56.